The molecule has 2 N–H and O–H groups in total. The summed E-state index contributed by atoms with van der Waals surface area (Å²) >= 11 is 0. The summed E-state index contributed by atoms with van der Waals surface area (Å²) in [6.07, 6.45) is 2.13. The topological polar surface area (TPSA) is 62.2 Å². The van der Waals surface area contributed by atoms with E-state index in [0.717, 1.165) is 19.4 Å². The summed E-state index contributed by atoms with van der Waals surface area (Å²) in [4.78, 5) is 22.2. The third kappa shape index (κ3) is 2.87. The maximum Gasteiger partial charge on any atom is 0.359 e. The van der Waals surface area contributed by atoms with E-state index in [9.17, 15) is 0 Å². The zero-order valence-electron chi connectivity index (χ0n) is 9.73. The predicted molar refractivity (Wildman–Crippen MR) is 57.3 cm³/mol. The number of piperidine rings is 1. The molecule has 0 bridgehead atoms. The van der Waals surface area contributed by atoms with E-state index in [0.29, 0.717) is 0 Å². The Morgan fingerprint density at radius 2 is 1.80 bits per heavy atom. The maximum atomic E-state index is 8.63. The zero-order chi connectivity index (χ0) is 11.7. The summed E-state index contributed by atoms with van der Waals surface area (Å²) in [5.41, 5.74) is -0.0983. The maximum absolute atomic E-state index is 8.63. The van der Waals surface area contributed by atoms with Crippen LogP contribution in [0.4, 0.5) is 0 Å². The van der Waals surface area contributed by atoms with Crippen molar-refractivity contribution in [2.75, 3.05) is 6.54 Å². The average Bonchev–Trinajstić information content (AvgIpc) is 2.07. The fourth-order valence-electron chi connectivity index (χ4n) is 1.79. The molecule has 0 radical (unpaired) electrons. The molecule has 1 aliphatic rings. The molecule has 6 heteroatoms. The van der Waals surface area contributed by atoms with E-state index in [2.05, 4.69) is 32.4 Å². The largest absolute Gasteiger partial charge is 0.359 e. The highest BCUT2D eigenvalue weighted by Crippen LogP contribution is 2.44. The first-order valence-electron chi connectivity index (χ1n) is 5.08. The molecule has 90 valence electrons. The lowest BCUT2D eigenvalue weighted by atomic mass is 9.69. The van der Waals surface area contributed by atoms with Crippen LogP contribution in [0.3, 0.4) is 0 Å². The Hall–Kier alpha value is 0.230. The van der Waals surface area contributed by atoms with Crippen molar-refractivity contribution in [1.82, 2.24) is 5.06 Å². The molecule has 1 fully saturated rings. The Bertz CT molecular complexity index is 220. The second-order valence-corrected chi connectivity index (χ2v) is 5.70. The normalized spacial score (nSPS) is 25.8. The summed E-state index contributed by atoms with van der Waals surface area (Å²) in [5.74, 6) is 0. The van der Waals surface area contributed by atoms with Gasteiger partial charge < -0.3 is 9.79 Å². The molecule has 0 spiro atoms. The number of hydroxylamine groups is 2. The molecule has 0 aromatic carbocycles. The molecule has 0 saturated carbocycles. The number of nitrogens with zero attached hydrogens (tertiary/aromatic N) is 1. The molecular formula is C9H20NO4P. The number of hydrogen-bond donors (Lipinski definition) is 2. The van der Waals surface area contributed by atoms with Gasteiger partial charge in [0, 0.05) is 12.1 Å². The van der Waals surface area contributed by atoms with Crippen molar-refractivity contribution in [3.8, 4) is 0 Å². The second kappa shape index (κ2) is 4.62. The SMILES string of the molecule is CC1(C)CCCN(OOP(O)O)C1(C)C. The van der Waals surface area contributed by atoms with Gasteiger partial charge in [0.1, 0.15) is 0 Å². The standard InChI is InChI=1S/C9H20NO4P/c1-8(2)6-5-7-10(9(8,3)4)13-14-15(11)12/h11-12H,5-7H2,1-4H3. The van der Waals surface area contributed by atoms with Crippen molar-refractivity contribution in [3.05, 3.63) is 0 Å². The van der Waals surface area contributed by atoms with Crippen LogP contribution in [0.1, 0.15) is 40.5 Å². The lowest BCUT2D eigenvalue weighted by molar-refractivity contribution is -0.415. The second-order valence-electron chi connectivity index (χ2n) is 5.05. The highest BCUT2D eigenvalue weighted by molar-refractivity contribution is 7.39. The summed E-state index contributed by atoms with van der Waals surface area (Å²) in [7, 11) is -2.46. The fraction of sp³-hybridized carbons (Fsp3) is 1.00. The average molecular weight is 237 g/mol. The Labute approximate surface area is 91.9 Å². The molecule has 0 unspecified atom stereocenters. The van der Waals surface area contributed by atoms with Crippen LogP contribution >= 0.6 is 8.60 Å². The first-order valence-corrected chi connectivity index (χ1v) is 6.24. The first-order chi connectivity index (χ1) is 6.77. The van der Waals surface area contributed by atoms with E-state index in [1.54, 1.807) is 5.06 Å². The van der Waals surface area contributed by atoms with Crippen LogP contribution in [0.5, 0.6) is 0 Å². The van der Waals surface area contributed by atoms with Crippen LogP contribution in [0.25, 0.3) is 0 Å². The van der Waals surface area contributed by atoms with E-state index in [1.807, 2.05) is 0 Å². The van der Waals surface area contributed by atoms with Gasteiger partial charge in [0.05, 0.1) is 0 Å². The van der Waals surface area contributed by atoms with E-state index in [1.165, 1.54) is 0 Å². The molecule has 1 aliphatic heterocycles. The number of hydrogen-bond acceptors (Lipinski definition) is 5. The van der Waals surface area contributed by atoms with Crippen molar-refractivity contribution >= 4 is 8.60 Å². The van der Waals surface area contributed by atoms with Crippen molar-refractivity contribution in [2.45, 2.75) is 46.1 Å². The van der Waals surface area contributed by atoms with Gasteiger partial charge in [0.15, 0.2) is 0 Å². The Morgan fingerprint density at radius 3 is 2.33 bits per heavy atom. The van der Waals surface area contributed by atoms with Gasteiger partial charge in [0.2, 0.25) is 0 Å². The van der Waals surface area contributed by atoms with E-state index in [4.69, 9.17) is 14.8 Å². The molecule has 15 heavy (non-hydrogen) atoms. The van der Waals surface area contributed by atoms with Gasteiger partial charge in [0.25, 0.3) is 0 Å². The smallest absolute Gasteiger partial charge is 0.326 e. The summed E-state index contributed by atoms with van der Waals surface area (Å²) in [6, 6.07) is 0. The summed E-state index contributed by atoms with van der Waals surface area (Å²) in [6.45, 7) is 9.20. The minimum atomic E-state index is -2.46. The Morgan fingerprint density at radius 1 is 1.20 bits per heavy atom. The molecule has 0 atom stereocenters. The monoisotopic (exact) mass is 237 g/mol. The molecule has 5 nitrogen and oxygen atoms in total. The molecule has 1 rings (SSSR count). The van der Waals surface area contributed by atoms with Crippen LogP contribution in [-0.4, -0.2) is 26.9 Å². The van der Waals surface area contributed by atoms with Crippen molar-refractivity contribution in [1.29, 1.82) is 0 Å². The van der Waals surface area contributed by atoms with E-state index in [-0.39, 0.29) is 11.0 Å². The lowest BCUT2D eigenvalue weighted by Gasteiger charge is -2.51. The third-order valence-corrected chi connectivity index (χ3v) is 3.83. The van der Waals surface area contributed by atoms with Gasteiger partial charge in [-0.1, -0.05) is 13.8 Å². The molecule has 0 aliphatic carbocycles. The Balaban J connectivity index is 2.63. The van der Waals surface area contributed by atoms with Gasteiger partial charge in [-0.05, 0) is 32.1 Å². The van der Waals surface area contributed by atoms with Crippen LogP contribution in [-0.2, 0) is 9.66 Å². The highest BCUT2D eigenvalue weighted by Gasteiger charge is 2.46. The number of rotatable bonds is 3. The highest BCUT2D eigenvalue weighted by atomic mass is 31.2. The first kappa shape index (κ1) is 13.3. The van der Waals surface area contributed by atoms with Gasteiger partial charge in [-0.2, -0.15) is 5.06 Å². The molecule has 0 amide bonds. The molecule has 0 aromatic rings. The molecule has 1 heterocycles. The summed E-state index contributed by atoms with van der Waals surface area (Å²) in [5, 5.41) is 1.68. The van der Waals surface area contributed by atoms with Crippen LogP contribution in [0.15, 0.2) is 0 Å². The third-order valence-electron chi connectivity index (χ3n) is 3.63. The quantitative estimate of drug-likeness (QED) is 0.446. The minimum absolute atomic E-state index is 0.0995. The summed E-state index contributed by atoms with van der Waals surface area (Å²) < 4.78 is 4.41. The van der Waals surface area contributed by atoms with Gasteiger partial charge in [-0.3, -0.25) is 0 Å². The van der Waals surface area contributed by atoms with Crippen LogP contribution < -0.4 is 0 Å². The van der Waals surface area contributed by atoms with Crippen molar-refractivity contribution in [3.63, 3.8) is 0 Å². The Kier molecular flexibility index (Phi) is 4.09. The van der Waals surface area contributed by atoms with Gasteiger partial charge in [-0.25, -0.2) is 0 Å². The van der Waals surface area contributed by atoms with E-state index < -0.39 is 8.60 Å². The van der Waals surface area contributed by atoms with Gasteiger partial charge >= 0.3 is 8.60 Å². The lowest BCUT2D eigenvalue weighted by Crippen LogP contribution is -2.57. The molecule has 0 aromatic heterocycles. The fourth-order valence-corrected chi connectivity index (χ4v) is 1.93. The van der Waals surface area contributed by atoms with Crippen molar-refractivity contribution < 1.29 is 19.4 Å². The molecular weight excluding hydrogens is 217 g/mol. The van der Waals surface area contributed by atoms with E-state index >= 15 is 0 Å². The minimum Gasteiger partial charge on any atom is -0.326 e. The van der Waals surface area contributed by atoms with Gasteiger partial charge in [-0.15, -0.1) is 9.66 Å². The van der Waals surface area contributed by atoms with Crippen LogP contribution in [0.2, 0.25) is 0 Å². The predicted octanol–water partition coefficient (Wildman–Crippen LogP) is 1.96. The molecule has 1 saturated heterocycles. The van der Waals surface area contributed by atoms with Crippen molar-refractivity contribution in [2.24, 2.45) is 5.41 Å². The zero-order valence-corrected chi connectivity index (χ0v) is 10.6. The van der Waals surface area contributed by atoms with Crippen LogP contribution in [0, 0.1) is 5.41 Å².